The lowest BCUT2D eigenvalue weighted by Crippen LogP contribution is -2.30. The molecule has 1 aliphatic rings. The van der Waals surface area contributed by atoms with Gasteiger partial charge in [0.15, 0.2) is 0 Å². The highest BCUT2D eigenvalue weighted by Gasteiger charge is 2.13. The molecule has 1 atom stereocenters. The summed E-state index contributed by atoms with van der Waals surface area (Å²) >= 11 is 0. The van der Waals surface area contributed by atoms with Crippen LogP contribution in [0.15, 0.2) is 0 Å². The topological polar surface area (TPSA) is 41.1 Å². The first kappa shape index (κ1) is 10.1. The van der Waals surface area contributed by atoms with Crippen molar-refractivity contribution in [2.45, 2.75) is 31.7 Å². The van der Waals surface area contributed by atoms with Crippen LogP contribution >= 0.6 is 0 Å². The summed E-state index contributed by atoms with van der Waals surface area (Å²) in [7, 11) is 0. The van der Waals surface area contributed by atoms with Gasteiger partial charge >= 0.3 is 0 Å². The van der Waals surface area contributed by atoms with Crippen molar-refractivity contribution in [2.24, 2.45) is 0 Å². The molecule has 1 rings (SSSR count). The van der Waals surface area contributed by atoms with Gasteiger partial charge in [-0.3, -0.25) is 4.79 Å². The fourth-order valence-electron chi connectivity index (χ4n) is 1.54. The van der Waals surface area contributed by atoms with E-state index in [1.165, 1.54) is 12.8 Å². The Morgan fingerprint density at radius 3 is 3.15 bits per heavy atom. The molecule has 0 radical (unpaired) electrons. The van der Waals surface area contributed by atoms with Crippen LogP contribution in [0.25, 0.3) is 0 Å². The van der Waals surface area contributed by atoms with Crippen LogP contribution in [-0.4, -0.2) is 25.0 Å². The minimum atomic E-state index is -0.0412. The second-order valence-electron chi connectivity index (χ2n) is 3.31. The summed E-state index contributed by atoms with van der Waals surface area (Å²) in [6.45, 7) is 1.85. The first-order valence-corrected chi connectivity index (χ1v) is 4.76. The molecule has 3 heteroatoms. The number of rotatable bonds is 4. The maximum Gasteiger partial charge on any atom is 0.232 e. The predicted octanol–water partition coefficient (Wildman–Crippen LogP) is 0.268. The van der Waals surface area contributed by atoms with Crippen LogP contribution in [0.1, 0.15) is 25.7 Å². The molecule has 0 aromatic carbocycles. The van der Waals surface area contributed by atoms with Crippen molar-refractivity contribution in [3.63, 3.8) is 0 Å². The average molecular weight is 180 g/mol. The third-order valence-electron chi connectivity index (χ3n) is 2.24. The summed E-state index contributed by atoms with van der Waals surface area (Å²) in [4.78, 5) is 10.9. The van der Waals surface area contributed by atoms with Gasteiger partial charge in [0.2, 0.25) is 5.91 Å². The molecule has 72 valence electrons. The Labute approximate surface area is 79.3 Å². The molecular formula is C10H16N2O. The van der Waals surface area contributed by atoms with Crippen molar-refractivity contribution in [1.29, 1.82) is 0 Å². The third-order valence-corrected chi connectivity index (χ3v) is 2.24. The minimum Gasteiger partial charge on any atom is -0.355 e. The average Bonchev–Trinajstić information content (AvgIpc) is 2.57. The summed E-state index contributed by atoms with van der Waals surface area (Å²) in [5.41, 5.74) is 0. The van der Waals surface area contributed by atoms with Crippen LogP contribution in [0, 0.1) is 12.3 Å². The Morgan fingerprint density at radius 2 is 2.54 bits per heavy atom. The van der Waals surface area contributed by atoms with Crippen LogP contribution < -0.4 is 10.6 Å². The quantitative estimate of drug-likeness (QED) is 0.610. The van der Waals surface area contributed by atoms with Gasteiger partial charge in [-0.15, -0.1) is 6.42 Å². The van der Waals surface area contributed by atoms with Crippen molar-refractivity contribution >= 4 is 5.91 Å². The Morgan fingerprint density at radius 1 is 1.69 bits per heavy atom. The molecule has 1 aliphatic heterocycles. The highest BCUT2D eigenvalue weighted by molar-refractivity contribution is 5.78. The Bertz CT molecular complexity index is 201. The van der Waals surface area contributed by atoms with Crippen molar-refractivity contribution in [1.82, 2.24) is 10.6 Å². The highest BCUT2D eigenvalue weighted by Crippen LogP contribution is 2.07. The number of hydrogen-bond acceptors (Lipinski definition) is 2. The molecule has 1 amide bonds. The van der Waals surface area contributed by atoms with Crippen LogP contribution in [0.3, 0.4) is 0 Å². The standard InChI is InChI=1S/C10H16N2O/c1-2-4-10(13)12-8-6-9-5-3-7-11-9/h1,9,11H,3-8H2,(H,12,13)/t9-/m0/s1. The van der Waals surface area contributed by atoms with Crippen molar-refractivity contribution in [3.05, 3.63) is 0 Å². The zero-order valence-corrected chi connectivity index (χ0v) is 7.81. The van der Waals surface area contributed by atoms with Gasteiger partial charge in [0.25, 0.3) is 0 Å². The van der Waals surface area contributed by atoms with E-state index in [0.717, 1.165) is 19.5 Å². The van der Waals surface area contributed by atoms with E-state index in [-0.39, 0.29) is 12.3 Å². The van der Waals surface area contributed by atoms with E-state index in [9.17, 15) is 4.79 Å². The molecular weight excluding hydrogens is 164 g/mol. The van der Waals surface area contributed by atoms with Gasteiger partial charge in [-0.2, -0.15) is 0 Å². The van der Waals surface area contributed by atoms with Gasteiger partial charge in [-0.1, -0.05) is 5.92 Å². The van der Waals surface area contributed by atoms with Crippen LogP contribution in [0.2, 0.25) is 0 Å². The molecule has 0 aromatic heterocycles. The minimum absolute atomic E-state index is 0.0412. The molecule has 0 aromatic rings. The van der Waals surface area contributed by atoms with E-state index >= 15 is 0 Å². The third kappa shape index (κ3) is 3.95. The molecule has 0 aliphatic carbocycles. The zero-order valence-electron chi connectivity index (χ0n) is 7.81. The van der Waals surface area contributed by atoms with E-state index in [2.05, 4.69) is 16.6 Å². The number of hydrogen-bond donors (Lipinski definition) is 2. The monoisotopic (exact) mass is 180 g/mol. The summed E-state index contributed by atoms with van der Waals surface area (Å²) < 4.78 is 0. The molecule has 2 N–H and O–H groups in total. The second kappa shape index (κ2) is 5.60. The maximum absolute atomic E-state index is 10.9. The van der Waals surface area contributed by atoms with Gasteiger partial charge in [0.1, 0.15) is 0 Å². The Kier molecular flexibility index (Phi) is 4.34. The summed E-state index contributed by atoms with van der Waals surface area (Å²) in [6.07, 6.45) is 8.68. The smallest absolute Gasteiger partial charge is 0.232 e. The highest BCUT2D eigenvalue weighted by atomic mass is 16.1. The van der Waals surface area contributed by atoms with Crippen molar-refractivity contribution in [2.75, 3.05) is 13.1 Å². The molecule has 3 nitrogen and oxygen atoms in total. The fourth-order valence-corrected chi connectivity index (χ4v) is 1.54. The molecule has 0 saturated carbocycles. The predicted molar refractivity (Wildman–Crippen MR) is 52.1 cm³/mol. The Balaban J connectivity index is 2.00. The lowest BCUT2D eigenvalue weighted by atomic mass is 10.1. The van der Waals surface area contributed by atoms with Crippen LogP contribution in [0.4, 0.5) is 0 Å². The van der Waals surface area contributed by atoms with E-state index in [4.69, 9.17) is 6.42 Å². The normalized spacial score (nSPS) is 21.0. The van der Waals surface area contributed by atoms with Gasteiger partial charge in [0, 0.05) is 12.6 Å². The largest absolute Gasteiger partial charge is 0.355 e. The SMILES string of the molecule is C#CCC(=O)NCC[C@@H]1CCCN1. The molecule has 0 unspecified atom stereocenters. The van der Waals surface area contributed by atoms with E-state index in [0.29, 0.717) is 6.04 Å². The van der Waals surface area contributed by atoms with Gasteiger partial charge in [0.05, 0.1) is 6.42 Å². The lowest BCUT2D eigenvalue weighted by Gasteiger charge is -2.09. The van der Waals surface area contributed by atoms with Crippen LogP contribution in [-0.2, 0) is 4.79 Å². The number of terminal acetylenes is 1. The van der Waals surface area contributed by atoms with Crippen molar-refractivity contribution in [3.8, 4) is 12.3 Å². The van der Waals surface area contributed by atoms with E-state index in [1.807, 2.05) is 0 Å². The number of carbonyl (C=O) groups excluding carboxylic acids is 1. The van der Waals surface area contributed by atoms with Gasteiger partial charge in [-0.05, 0) is 25.8 Å². The molecule has 1 saturated heterocycles. The molecule has 13 heavy (non-hydrogen) atoms. The van der Waals surface area contributed by atoms with Gasteiger partial charge in [-0.25, -0.2) is 0 Å². The zero-order chi connectivity index (χ0) is 9.52. The number of carbonyl (C=O) groups is 1. The fraction of sp³-hybridized carbons (Fsp3) is 0.700. The first-order chi connectivity index (χ1) is 6.33. The molecule has 0 bridgehead atoms. The van der Waals surface area contributed by atoms with Gasteiger partial charge < -0.3 is 10.6 Å². The summed E-state index contributed by atoms with van der Waals surface area (Å²) in [5, 5.41) is 6.16. The van der Waals surface area contributed by atoms with Crippen molar-refractivity contribution < 1.29 is 4.79 Å². The molecule has 1 fully saturated rings. The summed E-state index contributed by atoms with van der Waals surface area (Å²) in [5.74, 6) is 2.28. The maximum atomic E-state index is 10.9. The molecule has 1 heterocycles. The summed E-state index contributed by atoms with van der Waals surface area (Å²) in [6, 6.07) is 0.589. The second-order valence-corrected chi connectivity index (χ2v) is 3.31. The first-order valence-electron chi connectivity index (χ1n) is 4.76. The van der Waals surface area contributed by atoms with E-state index in [1.54, 1.807) is 0 Å². The number of amides is 1. The lowest BCUT2D eigenvalue weighted by molar-refractivity contribution is -0.120. The molecule has 0 spiro atoms. The Hall–Kier alpha value is -1.01. The van der Waals surface area contributed by atoms with Crippen LogP contribution in [0.5, 0.6) is 0 Å². The number of nitrogens with one attached hydrogen (secondary N) is 2. The van der Waals surface area contributed by atoms with E-state index < -0.39 is 0 Å².